The van der Waals surface area contributed by atoms with Gasteiger partial charge in [-0.1, -0.05) is 12.1 Å². The van der Waals surface area contributed by atoms with Crippen LogP contribution in [0.4, 0.5) is 5.69 Å². The van der Waals surface area contributed by atoms with Gasteiger partial charge in [0.25, 0.3) is 5.56 Å². The summed E-state index contributed by atoms with van der Waals surface area (Å²) in [5, 5.41) is 3.56. The maximum atomic E-state index is 13.1. The molecular formula is C19H18BrN3O2S. The lowest BCUT2D eigenvalue weighted by atomic mass is 9.97. The van der Waals surface area contributed by atoms with Crippen molar-refractivity contribution in [3.8, 4) is 0 Å². The van der Waals surface area contributed by atoms with Crippen molar-refractivity contribution < 1.29 is 4.79 Å². The number of benzene rings is 1. The van der Waals surface area contributed by atoms with E-state index in [0.717, 1.165) is 34.1 Å². The van der Waals surface area contributed by atoms with E-state index in [9.17, 15) is 9.59 Å². The number of amides is 1. The number of carbonyl (C=O) groups is 1. The summed E-state index contributed by atoms with van der Waals surface area (Å²) in [5.41, 5.74) is 1.73. The summed E-state index contributed by atoms with van der Waals surface area (Å²) in [5.74, 6) is 0.329. The number of hydrogen-bond donors (Lipinski definition) is 1. The molecule has 0 spiro atoms. The Morgan fingerprint density at radius 1 is 1.31 bits per heavy atom. The maximum absolute atomic E-state index is 13.1. The quantitative estimate of drug-likeness (QED) is 0.680. The van der Waals surface area contributed by atoms with Gasteiger partial charge in [0.15, 0.2) is 0 Å². The van der Waals surface area contributed by atoms with Gasteiger partial charge in [-0.2, -0.15) is 0 Å². The van der Waals surface area contributed by atoms with Crippen molar-refractivity contribution in [2.75, 3.05) is 5.32 Å². The van der Waals surface area contributed by atoms with E-state index in [2.05, 4.69) is 26.2 Å². The second-order valence-corrected chi connectivity index (χ2v) is 8.41. The minimum Gasteiger partial charge on any atom is -0.324 e. The second kappa shape index (κ2) is 6.96. The number of fused-ring (bicyclic) bond motifs is 3. The molecule has 0 radical (unpaired) electrons. The predicted molar refractivity (Wildman–Crippen MR) is 108 cm³/mol. The number of thiophene rings is 1. The maximum Gasteiger partial charge on any atom is 0.263 e. The third-order valence-electron chi connectivity index (χ3n) is 4.72. The molecule has 0 bridgehead atoms. The van der Waals surface area contributed by atoms with Gasteiger partial charge >= 0.3 is 0 Å². The minimum absolute atomic E-state index is 0.0421. The van der Waals surface area contributed by atoms with Crippen LogP contribution in [-0.4, -0.2) is 15.5 Å². The number of nitrogens with one attached hydrogen (secondary N) is 1. The molecule has 2 aromatic heterocycles. The Labute approximate surface area is 163 Å². The highest BCUT2D eigenvalue weighted by Crippen LogP contribution is 2.33. The van der Waals surface area contributed by atoms with Gasteiger partial charge in [-0.05, 0) is 66.2 Å². The highest BCUT2D eigenvalue weighted by atomic mass is 79.9. The molecule has 1 amide bonds. The minimum atomic E-state index is -0.243. The second-order valence-electron chi connectivity index (χ2n) is 6.47. The normalized spacial score (nSPS) is 13.6. The molecule has 5 nitrogen and oxygen atoms in total. The average molecular weight is 432 g/mol. The number of hydrogen-bond acceptors (Lipinski definition) is 4. The van der Waals surface area contributed by atoms with Crippen molar-refractivity contribution in [3.05, 3.63) is 55.4 Å². The van der Waals surface area contributed by atoms with E-state index in [4.69, 9.17) is 0 Å². The third kappa shape index (κ3) is 3.10. The fraction of sp³-hybridized carbons (Fsp3) is 0.316. The number of carbonyl (C=O) groups excluding carboxylic acids is 1. The molecule has 0 atom stereocenters. The SMILES string of the molecule is Cc1nc2sc3c(c2c(=O)n1CC(=O)Nc1ccccc1Br)CCCC3. The van der Waals surface area contributed by atoms with Crippen molar-refractivity contribution >= 4 is 49.1 Å². The number of nitrogens with zero attached hydrogens (tertiary/aromatic N) is 2. The van der Waals surface area contributed by atoms with Gasteiger partial charge in [-0.3, -0.25) is 14.2 Å². The Balaban J connectivity index is 1.69. The topological polar surface area (TPSA) is 64.0 Å². The summed E-state index contributed by atoms with van der Waals surface area (Å²) in [6.45, 7) is 1.74. The summed E-state index contributed by atoms with van der Waals surface area (Å²) in [6.07, 6.45) is 4.23. The average Bonchev–Trinajstić information content (AvgIpc) is 2.98. The van der Waals surface area contributed by atoms with Crippen molar-refractivity contribution in [3.63, 3.8) is 0 Å². The smallest absolute Gasteiger partial charge is 0.263 e. The molecule has 0 fully saturated rings. The fourth-order valence-electron chi connectivity index (χ4n) is 3.42. The molecule has 3 aromatic rings. The monoisotopic (exact) mass is 431 g/mol. The molecule has 1 aliphatic rings. The van der Waals surface area contributed by atoms with E-state index in [1.807, 2.05) is 24.3 Å². The van der Waals surface area contributed by atoms with Crippen LogP contribution in [0.1, 0.15) is 29.1 Å². The number of halogens is 1. The van der Waals surface area contributed by atoms with Crippen molar-refractivity contribution in [1.29, 1.82) is 0 Å². The Hall–Kier alpha value is -1.99. The number of aromatic nitrogens is 2. The Bertz CT molecular complexity index is 1070. The molecular weight excluding hydrogens is 414 g/mol. The van der Waals surface area contributed by atoms with Crippen molar-refractivity contribution in [2.24, 2.45) is 0 Å². The van der Waals surface area contributed by atoms with Crippen LogP contribution < -0.4 is 10.9 Å². The van der Waals surface area contributed by atoms with E-state index in [1.165, 1.54) is 15.9 Å². The molecule has 0 saturated carbocycles. The Morgan fingerprint density at radius 3 is 2.88 bits per heavy atom. The van der Waals surface area contributed by atoms with Gasteiger partial charge in [0.1, 0.15) is 17.2 Å². The molecule has 4 rings (SSSR count). The van der Waals surface area contributed by atoms with Crippen LogP contribution in [0.2, 0.25) is 0 Å². The van der Waals surface area contributed by atoms with Gasteiger partial charge in [-0.15, -0.1) is 11.3 Å². The first kappa shape index (κ1) is 17.4. The zero-order chi connectivity index (χ0) is 18.3. The lowest BCUT2D eigenvalue weighted by Gasteiger charge is -2.12. The fourth-order valence-corrected chi connectivity index (χ4v) is 5.10. The van der Waals surface area contributed by atoms with Crippen LogP contribution in [0.15, 0.2) is 33.5 Å². The highest BCUT2D eigenvalue weighted by Gasteiger charge is 2.21. The van der Waals surface area contributed by atoms with Gasteiger partial charge in [0, 0.05) is 9.35 Å². The first-order valence-corrected chi connectivity index (χ1v) is 10.2. The molecule has 0 unspecified atom stereocenters. The van der Waals surface area contributed by atoms with Gasteiger partial charge in [-0.25, -0.2) is 4.98 Å². The molecule has 7 heteroatoms. The number of rotatable bonds is 3. The number of anilines is 1. The van der Waals surface area contributed by atoms with E-state index in [1.54, 1.807) is 18.3 Å². The molecule has 134 valence electrons. The van der Waals surface area contributed by atoms with Gasteiger partial charge < -0.3 is 5.32 Å². The van der Waals surface area contributed by atoms with Crippen LogP contribution in [-0.2, 0) is 24.2 Å². The summed E-state index contributed by atoms with van der Waals surface area (Å²) >= 11 is 5.04. The largest absolute Gasteiger partial charge is 0.324 e. The first-order chi connectivity index (χ1) is 12.5. The van der Waals surface area contributed by atoms with Gasteiger partial charge in [0.2, 0.25) is 5.91 Å². The van der Waals surface area contributed by atoms with Crippen LogP contribution in [0.3, 0.4) is 0 Å². The molecule has 26 heavy (non-hydrogen) atoms. The summed E-state index contributed by atoms with van der Waals surface area (Å²) in [7, 11) is 0. The predicted octanol–water partition coefficient (Wildman–Crippen LogP) is 4.05. The molecule has 0 saturated heterocycles. The molecule has 1 aromatic carbocycles. The Morgan fingerprint density at radius 2 is 2.08 bits per heavy atom. The zero-order valence-electron chi connectivity index (χ0n) is 14.3. The third-order valence-corrected chi connectivity index (χ3v) is 6.59. The summed E-state index contributed by atoms with van der Waals surface area (Å²) in [6, 6.07) is 7.40. The first-order valence-electron chi connectivity index (χ1n) is 8.60. The molecule has 1 aliphatic carbocycles. The molecule has 1 N–H and O–H groups in total. The van der Waals surface area contributed by atoms with Crippen molar-refractivity contribution in [2.45, 2.75) is 39.2 Å². The molecule has 0 aliphatic heterocycles. The van der Waals surface area contributed by atoms with Gasteiger partial charge in [0.05, 0.1) is 11.1 Å². The van der Waals surface area contributed by atoms with Crippen LogP contribution >= 0.6 is 27.3 Å². The van der Waals surface area contributed by atoms with Crippen molar-refractivity contribution in [1.82, 2.24) is 9.55 Å². The lowest BCUT2D eigenvalue weighted by Crippen LogP contribution is -2.30. The standard InChI is InChI=1S/C19H18BrN3O2S/c1-11-21-18-17(12-6-2-5-9-15(12)26-18)19(25)23(11)10-16(24)22-14-8-4-3-7-13(14)20/h3-4,7-8H,2,5-6,9-10H2,1H3,(H,22,24). The Kier molecular flexibility index (Phi) is 4.67. The molecule has 2 heterocycles. The van der Waals surface area contributed by atoms with E-state index in [0.29, 0.717) is 16.9 Å². The van der Waals surface area contributed by atoms with E-state index in [-0.39, 0.29) is 18.0 Å². The lowest BCUT2D eigenvalue weighted by molar-refractivity contribution is -0.116. The van der Waals surface area contributed by atoms with Crippen LogP contribution in [0.5, 0.6) is 0 Å². The van der Waals surface area contributed by atoms with Crippen LogP contribution in [0, 0.1) is 6.92 Å². The van der Waals surface area contributed by atoms with E-state index >= 15 is 0 Å². The summed E-state index contributed by atoms with van der Waals surface area (Å²) in [4.78, 5) is 32.3. The van der Waals surface area contributed by atoms with E-state index < -0.39 is 0 Å². The number of aryl methyl sites for hydroxylation is 3. The number of para-hydroxylation sites is 1. The highest BCUT2D eigenvalue weighted by molar-refractivity contribution is 9.10. The zero-order valence-corrected chi connectivity index (χ0v) is 16.7. The summed E-state index contributed by atoms with van der Waals surface area (Å²) < 4.78 is 2.29. The van der Waals surface area contributed by atoms with Crippen LogP contribution in [0.25, 0.3) is 10.2 Å².